The van der Waals surface area contributed by atoms with Gasteiger partial charge in [-0.2, -0.15) is 0 Å². The highest BCUT2D eigenvalue weighted by atomic mass is 35.5. The number of carbonyl (C=O) groups excluding carboxylic acids is 2. The van der Waals surface area contributed by atoms with Crippen LogP contribution in [0.1, 0.15) is 15.9 Å². The number of nitrogens with one attached hydrogen (secondary N) is 1. The van der Waals surface area contributed by atoms with Crippen LogP contribution in [-0.2, 0) is 16.1 Å². The second-order valence-electron chi connectivity index (χ2n) is 4.43. The Morgan fingerprint density at radius 2 is 1.96 bits per heavy atom. The fourth-order valence-corrected chi connectivity index (χ4v) is 2.33. The monoisotopic (exact) mass is 372 g/mol. The van der Waals surface area contributed by atoms with Crippen LogP contribution in [0, 0.1) is 0 Å². The molecule has 0 unspecified atom stereocenters. The van der Waals surface area contributed by atoms with E-state index < -0.39 is 18.5 Å². The zero-order valence-corrected chi connectivity index (χ0v) is 14.0. The number of amides is 1. The third-order valence-corrected chi connectivity index (χ3v) is 3.69. The van der Waals surface area contributed by atoms with Crippen LogP contribution >= 0.6 is 34.8 Å². The molecule has 2 aromatic rings. The molecule has 0 atom stereocenters. The van der Waals surface area contributed by atoms with Gasteiger partial charge < -0.3 is 10.1 Å². The normalized spacial score (nSPS) is 10.2. The number of aromatic nitrogens is 1. The molecule has 0 saturated heterocycles. The number of carbonyl (C=O) groups is 2. The van der Waals surface area contributed by atoms with E-state index in [1.807, 2.05) is 0 Å². The van der Waals surface area contributed by atoms with Crippen molar-refractivity contribution < 1.29 is 14.3 Å². The number of benzene rings is 1. The number of halogens is 3. The van der Waals surface area contributed by atoms with Gasteiger partial charge in [-0.15, -0.1) is 0 Å². The molecule has 0 spiro atoms. The van der Waals surface area contributed by atoms with Gasteiger partial charge in [-0.25, -0.2) is 9.78 Å². The Morgan fingerprint density at radius 3 is 2.65 bits per heavy atom. The molecular formula is C15H11Cl3N2O3. The Labute approximate surface area is 147 Å². The van der Waals surface area contributed by atoms with E-state index in [4.69, 9.17) is 39.5 Å². The second-order valence-corrected chi connectivity index (χ2v) is 5.63. The summed E-state index contributed by atoms with van der Waals surface area (Å²) < 4.78 is 4.88. The van der Waals surface area contributed by atoms with Crippen molar-refractivity contribution in [3.05, 3.63) is 62.9 Å². The SMILES string of the molecule is O=C(COC(=O)c1cccnc1Cl)NCc1ccc(Cl)cc1Cl. The lowest BCUT2D eigenvalue weighted by Crippen LogP contribution is -2.28. The second kappa shape index (κ2) is 8.15. The van der Waals surface area contributed by atoms with Crippen molar-refractivity contribution in [2.45, 2.75) is 6.54 Å². The first kappa shape index (κ1) is 17.5. The number of rotatable bonds is 5. The van der Waals surface area contributed by atoms with E-state index in [0.717, 1.165) is 0 Å². The zero-order chi connectivity index (χ0) is 16.8. The number of hydrogen-bond donors (Lipinski definition) is 1. The smallest absolute Gasteiger partial charge is 0.341 e. The number of nitrogens with zero attached hydrogens (tertiary/aromatic N) is 1. The standard InChI is InChI=1S/C15H11Cl3N2O3/c16-10-4-3-9(12(17)6-10)7-20-13(21)8-23-15(22)11-2-1-5-19-14(11)18/h1-6H,7-8H2,(H,20,21). The molecule has 0 aliphatic rings. The van der Waals surface area contributed by atoms with Crippen molar-refractivity contribution in [3.8, 4) is 0 Å². The molecule has 1 N–H and O–H groups in total. The van der Waals surface area contributed by atoms with Crippen molar-refractivity contribution in [1.82, 2.24) is 10.3 Å². The van der Waals surface area contributed by atoms with Crippen molar-refractivity contribution >= 4 is 46.7 Å². The highest BCUT2D eigenvalue weighted by molar-refractivity contribution is 6.35. The lowest BCUT2D eigenvalue weighted by Gasteiger charge is -2.08. The van der Waals surface area contributed by atoms with E-state index in [0.29, 0.717) is 15.6 Å². The van der Waals surface area contributed by atoms with Gasteiger partial charge in [0.25, 0.3) is 5.91 Å². The Kier molecular flexibility index (Phi) is 6.21. The summed E-state index contributed by atoms with van der Waals surface area (Å²) in [6, 6.07) is 7.95. The predicted molar refractivity (Wildman–Crippen MR) is 87.8 cm³/mol. The minimum Gasteiger partial charge on any atom is -0.452 e. The summed E-state index contributed by atoms with van der Waals surface area (Å²) in [5, 5.41) is 3.56. The molecule has 0 radical (unpaired) electrons. The minimum absolute atomic E-state index is 0.0193. The molecule has 1 aromatic carbocycles. The van der Waals surface area contributed by atoms with Crippen LogP contribution in [0.15, 0.2) is 36.5 Å². The lowest BCUT2D eigenvalue weighted by atomic mass is 10.2. The van der Waals surface area contributed by atoms with Crippen molar-refractivity contribution in [2.24, 2.45) is 0 Å². The maximum Gasteiger partial charge on any atom is 0.341 e. The van der Waals surface area contributed by atoms with Crippen LogP contribution < -0.4 is 5.32 Å². The van der Waals surface area contributed by atoms with Gasteiger partial charge in [0.2, 0.25) is 0 Å². The largest absolute Gasteiger partial charge is 0.452 e. The molecule has 5 nitrogen and oxygen atoms in total. The average molecular weight is 374 g/mol. The van der Waals surface area contributed by atoms with Gasteiger partial charge in [-0.1, -0.05) is 40.9 Å². The Bertz CT molecular complexity index is 738. The summed E-state index contributed by atoms with van der Waals surface area (Å²) >= 11 is 17.6. The van der Waals surface area contributed by atoms with Gasteiger partial charge in [-0.3, -0.25) is 4.79 Å². The Balaban J connectivity index is 1.83. The van der Waals surface area contributed by atoms with Gasteiger partial charge in [0.1, 0.15) is 5.15 Å². The van der Waals surface area contributed by atoms with E-state index in [1.54, 1.807) is 24.3 Å². The summed E-state index contributed by atoms with van der Waals surface area (Å²) in [5.74, 6) is -1.19. The molecule has 0 aliphatic carbocycles. The molecule has 0 bridgehead atoms. The van der Waals surface area contributed by atoms with Crippen LogP contribution in [0.25, 0.3) is 0 Å². The lowest BCUT2D eigenvalue weighted by molar-refractivity contribution is -0.124. The van der Waals surface area contributed by atoms with E-state index >= 15 is 0 Å². The van der Waals surface area contributed by atoms with Crippen LogP contribution in [-0.4, -0.2) is 23.5 Å². The van der Waals surface area contributed by atoms with E-state index in [-0.39, 0.29) is 17.3 Å². The van der Waals surface area contributed by atoms with Crippen LogP contribution in [0.4, 0.5) is 0 Å². The van der Waals surface area contributed by atoms with Crippen LogP contribution in [0.3, 0.4) is 0 Å². The fraction of sp³-hybridized carbons (Fsp3) is 0.133. The van der Waals surface area contributed by atoms with E-state index in [1.165, 1.54) is 12.3 Å². The van der Waals surface area contributed by atoms with Crippen molar-refractivity contribution in [1.29, 1.82) is 0 Å². The predicted octanol–water partition coefficient (Wildman–Crippen LogP) is 3.52. The number of hydrogen-bond acceptors (Lipinski definition) is 4. The molecule has 0 saturated carbocycles. The maximum atomic E-state index is 11.8. The average Bonchev–Trinajstić information content (AvgIpc) is 2.52. The third kappa shape index (κ3) is 5.10. The van der Waals surface area contributed by atoms with Gasteiger partial charge in [0.05, 0.1) is 5.56 Å². The van der Waals surface area contributed by atoms with Gasteiger partial charge in [-0.05, 0) is 29.8 Å². The minimum atomic E-state index is -0.720. The molecule has 0 aliphatic heterocycles. The zero-order valence-electron chi connectivity index (χ0n) is 11.7. The molecule has 23 heavy (non-hydrogen) atoms. The molecule has 1 amide bonds. The summed E-state index contributed by atoms with van der Waals surface area (Å²) in [6.07, 6.45) is 1.45. The van der Waals surface area contributed by atoms with Crippen molar-refractivity contribution in [3.63, 3.8) is 0 Å². The molecular weight excluding hydrogens is 363 g/mol. The molecule has 1 aromatic heterocycles. The van der Waals surface area contributed by atoms with E-state index in [9.17, 15) is 9.59 Å². The Hall–Kier alpha value is -1.82. The summed E-state index contributed by atoms with van der Waals surface area (Å²) in [4.78, 5) is 27.2. The summed E-state index contributed by atoms with van der Waals surface area (Å²) in [6.45, 7) is -0.241. The number of pyridine rings is 1. The van der Waals surface area contributed by atoms with Gasteiger partial charge >= 0.3 is 5.97 Å². The summed E-state index contributed by atoms with van der Waals surface area (Å²) in [5.41, 5.74) is 0.800. The molecule has 8 heteroatoms. The molecule has 120 valence electrons. The van der Waals surface area contributed by atoms with Crippen LogP contribution in [0.2, 0.25) is 15.2 Å². The highest BCUT2D eigenvalue weighted by Gasteiger charge is 2.14. The third-order valence-electron chi connectivity index (χ3n) is 2.80. The fourth-order valence-electron chi connectivity index (χ4n) is 1.66. The first-order chi connectivity index (χ1) is 11.0. The maximum absolute atomic E-state index is 11.8. The topological polar surface area (TPSA) is 68.3 Å². The number of esters is 1. The Morgan fingerprint density at radius 1 is 1.17 bits per heavy atom. The van der Waals surface area contributed by atoms with E-state index in [2.05, 4.69) is 10.3 Å². The molecule has 0 fully saturated rings. The van der Waals surface area contributed by atoms with Gasteiger partial charge in [0.15, 0.2) is 6.61 Å². The molecule has 1 heterocycles. The summed E-state index contributed by atoms with van der Waals surface area (Å²) in [7, 11) is 0. The molecule has 2 rings (SSSR count). The first-order valence-electron chi connectivity index (χ1n) is 6.45. The van der Waals surface area contributed by atoms with Crippen LogP contribution in [0.5, 0.6) is 0 Å². The van der Waals surface area contributed by atoms with Crippen molar-refractivity contribution in [2.75, 3.05) is 6.61 Å². The highest BCUT2D eigenvalue weighted by Crippen LogP contribution is 2.20. The number of ether oxygens (including phenoxy) is 1. The van der Waals surface area contributed by atoms with Gasteiger partial charge in [0, 0.05) is 22.8 Å². The first-order valence-corrected chi connectivity index (χ1v) is 7.59. The quantitative estimate of drug-likeness (QED) is 0.643.